The van der Waals surface area contributed by atoms with E-state index in [2.05, 4.69) is 51.2 Å². The molecule has 0 radical (unpaired) electrons. The van der Waals surface area contributed by atoms with Gasteiger partial charge in [-0.15, -0.1) is 0 Å². The number of H-pyrrole nitrogens is 2. The van der Waals surface area contributed by atoms with Crippen LogP contribution in [-0.2, 0) is 20.2 Å². The van der Waals surface area contributed by atoms with Crippen LogP contribution in [0, 0.1) is 0 Å². The fourth-order valence-electron chi connectivity index (χ4n) is 2.57. The van der Waals surface area contributed by atoms with Gasteiger partial charge in [0.15, 0.2) is 0 Å². The molecule has 194 valence electrons. The second kappa shape index (κ2) is 14.3. The van der Waals surface area contributed by atoms with Crippen molar-refractivity contribution >= 4 is 55.4 Å². The zero-order chi connectivity index (χ0) is 26.3. The van der Waals surface area contributed by atoms with E-state index in [1.165, 1.54) is 0 Å². The zero-order valence-electron chi connectivity index (χ0n) is 20.0. The molecule has 0 aliphatic heterocycles. The number of hydrogen-bond acceptors (Lipinski definition) is 16. The third kappa shape index (κ3) is 12.1. The van der Waals surface area contributed by atoms with Gasteiger partial charge in [-0.2, -0.15) is 19.9 Å². The van der Waals surface area contributed by atoms with Crippen molar-refractivity contribution in [3.8, 4) is 0 Å². The van der Waals surface area contributed by atoms with Crippen LogP contribution >= 0.6 is 0 Å². The molecule has 6 N–H and O–H groups in total. The molecule has 38 heavy (non-hydrogen) atoms. The molecule has 0 bridgehead atoms. The Kier molecular flexibility index (Phi) is 12.4. The Hall–Kier alpha value is -2.95. The van der Waals surface area contributed by atoms with Crippen molar-refractivity contribution in [2.45, 2.75) is 0 Å². The summed E-state index contributed by atoms with van der Waals surface area (Å²) < 4.78 is 64.2. The van der Waals surface area contributed by atoms with Gasteiger partial charge in [0.1, 0.15) is 0 Å². The van der Waals surface area contributed by atoms with E-state index in [1.54, 1.807) is 24.3 Å². The van der Waals surface area contributed by atoms with Gasteiger partial charge in [-0.3, -0.25) is 9.97 Å². The van der Waals surface area contributed by atoms with Crippen LogP contribution in [0.4, 0.5) is 35.2 Å². The summed E-state index contributed by atoms with van der Waals surface area (Å²) in [5, 5.41) is 10.6. The molecular weight excluding hydrogens is 538 g/mol. The third-order valence-corrected chi connectivity index (χ3v) is 5.37. The molecule has 1 aromatic carbocycles. The van der Waals surface area contributed by atoms with Crippen molar-refractivity contribution in [1.82, 2.24) is 29.9 Å². The van der Waals surface area contributed by atoms with Crippen LogP contribution in [0.3, 0.4) is 0 Å². The summed E-state index contributed by atoms with van der Waals surface area (Å²) in [5.41, 5.74) is -0.758. The molecule has 0 unspecified atom stereocenters. The smallest absolute Gasteiger partial charge is 0.748 e. The molecule has 2 heterocycles. The van der Waals surface area contributed by atoms with Crippen molar-refractivity contribution in [3.05, 3.63) is 45.2 Å². The monoisotopic (exact) mass is 556 g/mol. The maximum Gasteiger partial charge on any atom is 1.00 e. The molecule has 0 spiro atoms. The minimum atomic E-state index is -4.46. The van der Waals surface area contributed by atoms with Crippen LogP contribution in [0.2, 0.25) is 0 Å². The summed E-state index contributed by atoms with van der Waals surface area (Å²) in [6, 6.07) is 6.39. The Morgan fingerprint density at radius 1 is 0.711 bits per heavy atom. The number of aromatic nitrogens is 6. The summed E-state index contributed by atoms with van der Waals surface area (Å²) in [7, 11) is -8.92. The maximum atomic E-state index is 11.8. The Labute approximate surface area is 239 Å². The average molecular weight is 556 g/mol. The second-order valence-electron chi connectivity index (χ2n) is 6.86. The van der Waals surface area contributed by atoms with Crippen LogP contribution in [0.15, 0.2) is 33.9 Å². The van der Waals surface area contributed by atoms with Crippen LogP contribution in [0.5, 0.6) is 0 Å². The Morgan fingerprint density at radius 2 is 1.11 bits per heavy atom. The third-order valence-electron chi connectivity index (χ3n) is 3.96. The van der Waals surface area contributed by atoms with Gasteiger partial charge in [0, 0.05) is 24.5 Å². The molecule has 22 heteroatoms. The van der Waals surface area contributed by atoms with Crippen molar-refractivity contribution in [1.29, 1.82) is 0 Å². The van der Waals surface area contributed by atoms with E-state index in [0.29, 0.717) is 11.4 Å². The van der Waals surface area contributed by atoms with Gasteiger partial charge < -0.3 is 30.4 Å². The second-order valence-corrected chi connectivity index (χ2v) is 9.91. The minimum Gasteiger partial charge on any atom is -0.748 e. The summed E-state index contributed by atoms with van der Waals surface area (Å²) >= 11 is 0. The quantitative estimate of drug-likeness (QED) is 0.0892. The van der Waals surface area contributed by atoms with Crippen LogP contribution in [-0.4, -0.2) is 80.4 Å². The van der Waals surface area contributed by atoms with Gasteiger partial charge in [-0.25, -0.2) is 26.4 Å². The van der Waals surface area contributed by atoms with E-state index < -0.39 is 43.1 Å². The molecule has 0 aliphatic carbocycles. The summed E-state index contributed by atoms with van der Waals surface area (Å²) in [6.07, 6.45) is 0. The fourth-order valence-corrected chi connectivity index (χ4v) is 3.27. The molecule has 3 rings (SSSR count). The van der Waals surface area contributed by atoms with Crippen molar-refractivity contribution in [2.24, 2.45) is 0 Å². The normalized spacial score (nSPS) is 11.0. The maximum absolute atomic E-state index is 11.8. The summed E-state index contributed by atoms with van der Waals surface area (Å²) in [4.78, 5) is 43.3. The number of anilines is 6. The first-order chi connectivity index (χ1) is 16.8. The first-order valence-corrected chi connectivity index (χ1v) is 13.0. The largest absolute Gasteiger partial charge is 1.00 e. The zero-order valence-corrected chi connectivity index (χ0v) is 21.6. The van der Waals surface area contributed by atoms with Gasteiger partial charge in [0.05, 0.1) is 31.7 Å². The molecule has 0 saturated carbocycles. The van der Waals surface area contributed by atoms with E-state index in [9.17, 15) is 35.5 Å². The van der Waals surface area contributed by atoms with Gasteiger partial charge >= 0.3 is 49.1 Å². The Morgan fingerprint density at radius 3 is 1.47 bits per heavy atom. The van der Waals surface area contributed by atoms with Gasteiger partial charge in [-0.1, -0.05) is 6.07 Å². The minimum absolute atomic E-state index is 0. The Balaban J connectivity index is 0.00000361. The van der Waals surface area contributed by atoms with Crippen molar-refractivity contribution < 1.29 is 63.7 Å². The van der Waals surface area contributed by atoms with Crippen LogP contribution < -0.4 is 70.4 Å². The van der Waals surface area contributed by atoms with E-state index in [-0.39, 0.29) is 74.6 Å². The number of hydrogen-bond donors (Lipinski definition) is 6. The van der Waals surface area contributed by atoms with E-state index in [0.717, 1.165) is 0 Å². The Bertz CT molecular complexity index is 1450. The standard InChI is InChI=1S/C16H20N10O8S2.2Li/c27-15-23-11(17-4-6-35(29,30)31)21-13(25-15)19-9-2-1-3-10(8-9)20-14-22-12(24-16(28)26-14)18-5-7-36(32,33)34;;/h1-3,8H,4-7H2,(H,29,30,31)(H,32,33,34)(H3,17,19,21,23,25,27)(H3,18,20,22,24,26,28);;/q;2*+1/p-2. The molecule has 3 aromatic rings. The molecule has 0 atom stereocenters. The van der Waals surface area contributed by atoms with Gasteiger partial charge in [0.25, 0.3) is 0 Å². The number of nitrogens with one attached hydrogen (secondary N) is 6. The van der Waals surface area contributed by atoms with Crippen molar-refractivity contribution in [2.75, 3.05) is 45.9 Å². The van der Waals surface area contributed by atoms with Crippen LogP contribution in [0.1, 0.15) is 0 Å². The summed E-state index contributed by atoms with van der Waals surface area (Å²) in [5.74, 6) is -1.95. The molecule has 18 nitrogen and oxygen atoms in total. The van der Waals surface area contributed by atoms with Gasteiger partial charge in [-0.05, 0) is 18.2 Å². The molecule has 0 amide bonds. The van der Waals surface area contributed by atoms with E-state index >= 15 is 0 Å². The number of nitrogens with zero attached hydrogens (tertiary/aromatic N) is 4. The first-order valence-electron chi connectivity index (χ1n) is 9.80. The predicted octanol–water partition coefficient (Wildman–Crippen LogP) is -7.95. The number of rotatable bonds is 12. The predicted molar refractivity (Wildman–Crippen MR) is 124 cm³/mol. The van der Waals surface area contributed by atoms with E-state index in [4.69, 9.17) is 0 Å². The van der Waals surface area contributed by atoms with Crippen LogP contribution in [0.25, 0.3) is 0 Å². The molecule has 0 fully saturated rings. The first kappa shape index (κ1) is 33.1. The van der Waals surface area contributed by atoms with E-state index in [1.807, 2.05) is 0 Å². The topological polar surface area (TPSA) is 280 Å². The van der Waals surface area contributed by atoms with Crippen molar-refractivity contribution in [3.63, 3.8) is 0 Å². The molecule has 0 saturated heterocycles. The number of benzene rings is 1. The molecule has 2 aromatic heterocycles. The number of aromatic amines is 2. The summed E-state index contributed by atoms with van der Waals surface area (Å²) in [6.45, 7) is -0.594. The SMILES string of the molecule is O=c1nc(NCCS(=O)(=O)[O-])nc(Nc2cccc(Nc3nc(NCCS(=O)(=O)[O-])nc(=O)[nH]3)c2)[nH]1.[Li+].[Li+]. The van der Waals surface area contributed by atoms with Gasteiger partial charge in [0.2, 0.25) is 23.8 Å². The molecular formula is C16H18Li2N10O8S2. The fraction of sp³-hybridized carbons (Fsp3) is 0.250. The average Bonchev–Trinajstić information content (AvgIpc) is 2.71. The molecule has 0 aliphatic rings.